The maximum Gasteiger partial charge on any atom is 0.269 e. The summed E-state index contributed by atoms with van der Waals surface area (Å²) in [4.78, 5) is 22.4. The number of amides is 1. The minimum Gasteiger partial charge on any atom is -0.396 e. The molecule has 0 radical (unpaired) electrons. The van der Waals surface area contributed by atoms with Crippen molar-refractivity contribution in [3.8, 4) is 0 Å². The minimum absolute atomic E-state index is 0.0178. The van der Waals surface area contributed by atoms with Gasteiger partial charge in [0.2, 0.25) is 5.91 Å². The van der Waals surface area contributed by atoms with Gasteiger partial charge in [0.25, 0.3) is 5.69 Å². The zero-order valence-electron chi connectivity index (χ0n) is 11.7. The average Bonchev–Trinajstić information content (AvgIpc) is 2.45. The summed E-state index contributed by atoms with van der Waals surface area (Å²) in [7, 11) is 0. The van der Waals surface area contributed by atoms with Crippen LogP contribution in [-0.2, 0) is 4.79 Å². The number of nitro groups is 1. The van der Waals surface area contributed by atoms with Crippen molar-refractivity contribution >= 4 is 11.6 Å². The Morgan fingerprint density at radius 1 is 1.50 bits per heavy atom. The fourth-order valence-corrected chi connectivity index (χ4v) is 1.92. The van der Waals surface area contributed by atoms with E-state index in [1.54, 1.807) is 19.1 Å². The summed E-state index contributed by atoms with van der Waals surface area (Å²) < 4.78 is 0. The number of nitrogens with zero attached hydrogens (tertiary/aromatic N) is 1. The Morgan fingerprint density at radius 3 is 2.75 bits per heavy atom. The Bertz CT molecular complexity index is 476. The van der Waals surface area contributed by atoms with Crippen molar-refractivity contribution in [2.24, 2.45) is 0 Å². The van der Waals surface area contributed by atoms with Crippen molar-refractivity contribution in [3.63, 3.8) is 0 Å². The molecule has 0 aliphatic heterocycles. The highest BCUT2D eigenvalue weighted by Crippen LogP contribution is 2.21. The molecule has 0 aliphatic carbocycles. The predicted octanol–water partition coefficient (Wildman–Crippen LogP) is 1.98. The normalized spacial score (nSPS) is 13.6. The van der Waals surface area contributed by atoms with E-state index in [2.05, 4.69) is 5.32 Å². The standard InChI is InChI=1S/C14H20N2O4/c1-3-12(7-8-17)15-14(18)10(2)11-5-4-6-13(9-11)16(19)20/h4-6,9-10,12,17H,3,7-8H2,1-2H3,(H,15,18). The topological polar surface area (TPSA) is 92.5 Å². The Balaban J connectivity index is 2.78. The SMILES string of the molecule is CCC(CCO)NC(=O)C(C)c1cccc([N+](=O)[O-])c1. The molecule has 1 aromatic carbocycles. The van der Waals surface area contributed by atoms with Gasteiger partial charge in [-0.1, -0.05) is 19.1 Å². The van der Waals surface area contributed by atoms with Gasteiger partial charge in [0.15, 0.2) is 0 Å². The van der Waals surface area contributed by atoms with Gasteiger partial charge in [0.05, 0.1) is 10.8 Å². The predicted molar refractivity (Wildman–Crippen MR) is 75.4 cm³/mol. The zero-order valence-corrected chi connectivity index (χ0v) is 11.7. The van der Waals surface area contributed by atoms with E-state index in [1.807, 2.05) is 6.92 Å². The lowest BCUT2D eigenvalue weighted by atomic mass is 9.99. The van der Waals surface area contributed by atoms with E-state index in [4.69, 9.17) is 5.11 Å². The number of aliphatic hydroxyl groups is 1. The fourth-order valence-electron chi connectivity index (χ4n) is 1.92. The van der Waals surface area contributed by atoms with E-state index < -0.39 is 10.8 Å². The van der Waals surface area contributed by atoms with Crippen LogP contribution in [0.25, 0.3) is 0 Å². The van der Waals surface area contributed by atoms with Crippen molar-refractivity contribution in [1.29, 1.82) is 0 Å². The van der Waals surface area contributed by atoms with Crippen LogP contribution in [0.5, 0.6) is 0 Å². The van der Waals surface area contributed by atoms with Crippen LogP contribution < -0.4 is 5.32 Å². The largest absolute Gasteiger partial charge is 0.396 e. The van der Waals surface area contributed by atoms with E-state index in [0.717, 1.165) is 6.42 Å². The fraction of sp³-hybridized carbons (Fsp3) is 0.500. The molecule has 0 bridgehead atoms. The first-order valence-corrected chi connectivity index (χ1v) is 6.65. The van der Waals surface area contributed by atoms with Crippen LogP contribution in [-0.4, -0.2) is 28.6 Å². The molecular formula is C14H20N2O4. The summed E-state index contributed by atoms with van der Waals surface area (Å²) in [6.07, 6.45) is 1.23. The molecule has 20 heavy (non-hydrogen) atoms. The smallest absolute Gasteiger partial charge is 0.269 e. The first-order valence-electron chi connectivity index (χ1n) is 6.65. The molecule has 0 saturated heterocycles. The highest BCUT2D eigenvalue weighted by molar-refractivity contribution is 5.83. The Labute approximate surface area is 118 Å². The van der Waals surface area contributed by atoms with Gasteiger partial charge in [-0.3, -0.25) is 14.9 Å². The number of benzene rings is 1. The molecular weight excluding hydrogens is 260 g/mol. The number of nitro benzene ring substituents is 1. The molecule has 0 spiro atoms. The van der Waals surface area contributed by atoms with E-state index >= 15 is 0 Å². The van der Waals surface area contributed by atoms with Gasteiger partial charge in [0.1, 0.15) is 0 Å². The highest BCUT2D eigenvalue weighted by atomic mass is 16.6. The number of rotatable bonds is 7. The molecule has 1 aromatic rings. The van der Waals surface area contributed by atoms with Crippen LogP contribution in [0.15, 0.2) is 24.3 Å². The Morgan fingerprint density at radius 2 is 2.20 bits per heavy atom. The van der Waals surface area contributed by atoms with Gasteiger partial charge in [0, 0.05) is 24.8 Å². The molecule has 110 valence electrons. The molecule has 0 saturated carbocycles. The van der Waals surface area contributed by atoms with Gasteiger partial charge in [-0.25, -0.2) is 0 Å². The summed E-state index contributed by atoms with van der Waals surface area (Å²) >= 11 is 0. The molecule has 2 unspecified atom stereocenters. The Kier molecular flexibility index (Phi) is 6.11. The number of hydrogen-bond donors (Lipinski definition) is 2. The van der Waals surface area contributed by atoms with Crippen LogP contribution >= 0.6 is 0 Å². The number of non-ortho nitro benzene ring substituents is 1. The molecule has 0 aliphatic rings. The summed E-state index contributed by atoms with van der Waals surface area (Å²) in [5, 5.41) is 22.5. The first kappa shape index (κ1) is 16.1. The molecule has 2 atom stereocenters. The van der Waals surface area contributed by atoms with Crippen LogP contribution in [0.4, 0.5) is 5.69 Å². The third-order valence-electron chi connectivity index (χ3n) is 3.29. The van der Waals surface area contributed by atoms with Crippen molar-refractivity contribution in [2.75, 3.05) is 6.61 Å². The van der Waals surface area contributed by atoms with Crippen molar-refractivity contribution in [2.45, 2.75) is 38.6 Å². The number of carbonyl (C=O) groups excluding carboxylic acids is 1. The van der Waals surface area contributed by atoms with Gasteiger partial charge in [-0.15, -0.1) is 0 Å². The van der Waals surface area contributed by atoms with Crippen molar-refractivity contribution in [3.05, 3.63) is 39.9 Å². The molecule has 1 rings (SSSR count). The van der Waals surface area contributed by atoms with Crippen LogP contribution in [0.1, 0.15) is 38.2 Å². The second-order valence-corrected chi connectivity index (χ2v) is 4.70. The third-order valence-corrected chi connectivity index (χ3v) is 3.29. The molecule has 2 N–H and O–H groups in total. The van der Waals surface area contributed by atoms with Gasteiger partial charge >= 0.3 is 0 Å². The van der Waals surface area contributed by atoms with Gasteiger partial charge < -0.3 is 10.4 Å². The molecule has 0 aromatic heterocycles. The lowest BCUT2D eigenvalue weighted by Crippen LogP contribution is -2.37. The molecule has 0 heterocycles. The van der Waals surface area contributed by atoms with E-state index in [0.29, 0.717) is 12.0 Å². The van der Waals surface area contributed by atoms with E-state index in [1.165, 1.54) is 12.1 Å². The maximum atomic E-state index is 12.1. The summed E-state index contributed by atoms with van der Waals surface area (Å²) in [5.41, 5.74) is 0.583. The Hall–Kier alpha value is -1.95. The molecule has 6 heteroatoms. The summed E-state index contributed by atoms with van der Waals surface area (Å²) in [6, 6.07) is 6.01. The number of nitrogens with one attached hydrogen (secondary N) is 1. The zero-order chi connectivity index (χ0) is 15.1. The maximum absolute atomic E-state index is 12.1. The van der Waals surface area contributed by atoms with E-state index in [-0.39, 0.29) is 24.2 Å². The van der Waals surface area contributed by atoms with Crippen LogP contribution in [0.2, 0.25) is 0 Å². The lowest BCUT2D eigenvalue weighted by molar-refractivity contribution is -0.384. The monoisotopic (exact) mass is 280 g/mol. The summed E-state index contributed by atoms with van der Waals surface area (Å²) in [6.45, 7) is 3.66. The lowest BCUT2D eigenvalue weighted by Gasteiger charge is -2.19. The molecule has 6 nitrogen and oxygen atoms in total. The van der Waals surface area contributed by atoms with Crippen LogP contribution in [0.3, 0.4) is 0 Å². The quantitative estimate of drug-likeness (QED) is 0.590. The number of aliphatic hydroxyl groups excluding tert-OH is 1. The highest BCUT2D eigenvalue weighted by Gasteiger charge is 2.19. The van der Waals surface area contributed by atoms with Gasteiger partial charge in [-0.2, -0.15) is 0 Å². The third kappa shape index (κ3) is 4.31. The molecule has 0 fully saturated rings. The number of hydrogen-bond acceptors (Lipinski definition) is 4. The first-order chi connectivity index (χ1) is 9.49. The minimum atomic E-state index is -0.477. The van der Waals surface area contributed by atoms with E-state index in [9.17, 15) is 14.9 Å². The van der Waals surface area contributed by atoms with Crippen molar-refractivity contribution < 1.29 is 14.8 Å². The second-order valence-electron chi connectivity index (χ2n) is 4.70. The average molecular weight is 280 g/mol. The van der Waals surface area contributed by atoms with Crippen LogP contribution in [0, 0.1) is 10.1 Å². The number of carbonyl (C=O) groups is 1. The van der Waals surface area contributed by atoms with Crippen molar-refractivity contribution in [1.82, 2.24) is 5.32 Å². The van der Waals surface area contributed by atoms with Gasteiger partial charge in [-0.05, 0) is 25.3 Å². The second kappa shape index (κ2) is 7.59. The molecule has 1 amide bonds. The summed E-state index contributed by atoms with van der Waals surface area (Å²) in [5.74, 6) is -0.659.